The van der Waals surface area contributed by atoms with Crippen LogP contribution in [0.3, 0.4) is 0 Å². The smallest absolute Gasteiger partial charge is 0.768 e. The molecule has 0 radical (unpaired) electrons. The molecule has 7 heteroatoms. The summed E-state index contributed by atoms with van der Waals surface area (Å²) in [6.45, 7) is 0. The Morgan fingerprint density at radius 2 is 2.36 bits per heavy atom. The molecular formula is C4H4BrN2NaO2S. The van der Waals surface area contributed by atoms with Crippen LogP contribution in [-0.2, 0) is 18.1 Å². The van der Waals surface area contributed by atoms with Gasteiger partial charge in [0.05, 0.1) is 4.90 Å². The minimum atomic E-state index is -2.20. The van der Waals surface area contributed by atoms with Crippen LogP contribution in [0.1, 0.15) is 0 Å². The third-order valence-electron chi connectivity index (χ3n) is 0.933. The van der Waals surface area contributed by atoms with Crippen LogP contribution in [0, 0.1) is 0 Å². The molecule has 0 spiro atoms. The summed E-state index contributed by atoms with van der Waals surface area (Å²) in [7, 11) is 1.65. The van der Waals surface area contributed by atoms with E-state index in [-0.39, 0.29) is 34.5 Å². The third-order valence-corrected chi connectivity index (χ3v) is 2.44. The summed E-state index contributed by atoms with van der Waals surface area (Å²) in [6.07, 6.45) is 1.42. The van der Waals surface area contributed by atoms with E-state index >= 15 is 0 Å². The molecule has 1 rings (SSSR count). The molecule has 0 saturated carbocycles. The summed E-state index contributed by atoms with van der Waals surface area (Å²) in [6, 6.07) is 0. The number of hydrogen-bond acceptors (Lipinski definition) is 3. The Morgan fingerprint density at radius 3 is 2.55 bits per heavy atom. The number of hydrogen-bond donors (Lipinski definition) is 0. The van der Waals surface area contributed by atoms with Gasteiger partial charge in [0.25, 0.3) is 0 Å². The summed E-state index contributed by atoms with van der Waals surface area (Å²) in [4.78, 5) is 0.183. The molecule has 0 bridgehead atoms. The Bertz CT molecular complexity index is 277. The zero-order valence-corrected chi connectivity index (χ0v) is 10.5. The Balaban J connectivity index is 0.000001000. The molecule has 0 saturated heterocycles. The summed E-state index contributed by atoms with van der Waals surface area (Å²) in [5, 5.41) is 3.77. The molecule has 0 amide bonds. The van der Waals surface area contributed by atoms with Crippen LogP contribution in [-0.4, -0.2) is 18.5 Å². The minimum Gasteiger partial charge on any atom is -0.768 e. The van der Waals surface area contributed by atoms with Gasteiger partial charge in [-0.2, -0.15) is 5.10 Å². The van der Waals surface area contributed by atoms with E-state index in [1.807, 2.05) is 0 Å². The first-order chi connectivity index (χ1) is 4.61. The Labute approximate surface area is 97.1 Å². The number of aryl methyl sites for hydroxylation is 1. The van der Waals surface area contributed by atoms with E-state index in [0.717, 1.165) is 0 Å². The topological polar surface area (TPSA) is 58.0 Å². The van der Waals surface area contributed by atoms with E-state index in [1.54, 1.807) is 7.05 Å². The normalized spacial score (nSPS) is 12.3. The first-order valence-electron chi connectivity index (χ1n) is 2.39. The van der Waals surface area contributed by atoms with Gasteiger partial charge < -0.3 is 4.55 Å². The van der Waals surface area contributed by atoms with Crippen molar-refractivity contribution < 1.29 is 38.3 Å². The predicted molar refractivity (Wildman–Crippen MR) is 38.1 cm³/mol. The van der Waals surface area contributed by atoms with Gasteiger partial charge in [-0.1, -0.05) is 0 Å². The molecule has 1 heterocycles. The molecule has 11 heavy (non-hydrogen) atoms. The SMILES string of the molecule is Cn1cc(S(=O)[O-])c(Br)n1.[Na+]. The second-order valence-corrected chi connectivity index (χ2v) is 3.35. The van der Waals surface area contributed by atoms with Gasteiger partial charge in [-0.3, -0.25) is 8.89 Å². The number of nitrogens with zero attached hydrogens (tertiary/aromatic N) is 2. The molecular weight excluding hydrogens is 243 g/mol. The van der Waals surface area contributed by atoms with E-state index in [4.69, 9.17) is 0 Å². The average molecular weight is 247 g/mol. The van der Waals surface area contributed by atoms with Crippen LogP contribution in [0.2, 0.25) is 0 Å². The van der Waals surface area contributed by atoms with E-state index in [0.29, 0.717) is 4.60 Å². The molecule has 56 valence electrons. The first kappa shape index (κ1) is 11.8. The number of rotatable bonds is 1. The van der Waals surface area contributed by atoms with Gasteiger partial charge in [0.15, 0.2) is 0 Å². The summed E-state index contributed by atoms with van der Waals surface area (Å²) in [5.41, 5.74) is 0. The predicted octanol–water partition coefficient (Wildman–Crippen LogP) is -2.58. The third kappa shape index (κ3) is 2.96. The fourth-order valence-electron chi connectivity index (χ4n) is 0.551. The van der Waals surface area contributed by atoms with E-state index in [9.17, 15) is 8.76 Å². The van der Waals surface area contributed by atoms with Crippen molar-refractivity contribution in [1.29, 1.82) is 0 Å². The largest absolute Gasteiger partial charge is 1.00 e. The van der Waals surface area contributed by atoms with Crippen LogP contribution in [0.5, 0.6) is 0 Å². The van der Waals surface area contributed by atoms with Crippen molar-refractivity contribution in [2.75, 3.05) is 0 Å². The Hall–Kier alpha value is 0.800. The molecule has 0 aliphatic rings. The monoisotopic (exact) mass is 246 g/mol. The molecule has 1 aromatic heterocycles. The summed E-state index contributed by atoms with van der Waals surface area (Å²) in [5.74, 6) is 0. The van der Waals surface area contributed by atoms with Gasteiger partial charge in [-0.15, -0.1) is 0 Å². The zero-order valence-electron chi connectivity index (χ0n) is 6.07. The van der Waals surface area contributed by atoms with Crippen molar-refractivity contribution in [2.24, 2.45) is 7.05 Å². The van der Waals surface area contributed by atoms with Gasteiger partial charge in [-0.05, 0) is 27.0 Å². The van der Waals surface area contributed by atoms with Gasteiger partial charge in [0, 0.05) is 13.2 Å². The molecule has 0 aliphatic carbocycles. The van der Waals surface area contributed by atoms with Crippen molar-refractivity contribution in [3.8, 4) is 0 Å². The molecule has 0 N–H and O–H groups in total. The molecule has 0 aromatic carbocycles. The van der Waals surface area contributed by atoms with Gasteiger partial charge in [0.2, 0.25) is 0 Å². The zero-order chi connectivity index (χ0) is 7.72. The fraction of sp³-hybridized carbons (Fsp3) is 0.250. The maximum Gasteiger partial charge on any atom is 1.00 e. The van der Waals surface area contributed by atoms with Crippen molar-refractivity contribution in [3.05, 3.63) is 10.8 Å². The van der Waals surface area contributed by atoms with Crippen LogP contribution in [0.25, 0.3) is 0 Å². The van der Waals surface area contributed by atoms with Crippen molar-refractivity contribution >= 4 is 27.0 Å². The molecule has 1 aromatic rings. The van der Waals surface area contributed by atoms with E-state index < -0.39 is 11.1 Å². The van der Waals surface area contributed by atoms with Crippen LogP contribution >= 0.6 is 15.9 Å². The number of halogens is 1. The standard InChI is InChI=1S/C4H5BrN2O2S.Na/c1-7-2-3(10(8)9)4(5)6-7;/h2H,1H3,(H,8,9);/q;+1/p-1. The summed E-state index contributed by atoms with van der Waals surface area (Å²) < 4.78 is 22.5. The van der Waals surface area contributed by atoms with Crippen molar-refractivity contribution in [2.45, 2.75) is 4.90 Å². The van der Waals surface area contributed by atoms with Crippen LogP contribution < -0.4 is 29.6 Å². The quantitative estimate of drug-likeness (QED) is 0.404. The van der Waals surface area contributed by atoms with Crippen molar-refractivity contribution in [3.63, 3.8) is 0 Å². The average Bonchev–Trinajstić information content (AvgIpc) is 2.10. The van der Waals surface area contributed by atoms with Gasteiger partial charge >= 0.3 is 29.6 Å². The summed E-state index contributed by atoms with van der Waals surface area (Å²) >= 11 is 0.793. The minimum absolute atomic E-state index is 0. The number of aromatic nitrogens is 2. The fourth-order valence-corrected chi connectivity index (χ4v) is 1.72. The van der Waals surface area contributed by atoms with Crippen LogP contribution in [0.4, 0.5) is 0 Å². The Morgan fingerprint density at radius 1 is 1.82 bits per heavy atom. The maximum absolute atomic E-state index is 10.4. The molecule has 0 fully saturated rings. The molecule has 1 unspecified atom stereocenters. The second kappa shape index (κ2) is 4.74. The maximum atomic E-state index is 10.4. The van der Waals surface area contributed by atoms with Crippen LogP contribution in [0.15, 0.2) is 15.7 Å². The first-order valence-corrected chi connectivity index (χ1v) is 4.26. The molecule has 1 atom stereocenters. The van der Waals surface area contributed by atoms with Gasteiger partial charge in [0.1, 0.15) is 4.60 Å². The molecule has 0 aliphatic heterocycles. The van der Waals surface area contributed by atoms with Gasteiger partial charge in [-0.25, -0.2) is 0 Å². The van der Waals surface area contributed by atoms with E-state index in [2.05, 4.69) is 21.0 Å². The van der Waals surface area contributed by atoms with E-state index in [1.165, 1.54) is 10.9 Å². The van der Waals surface area contributed by atoms with Crippen molar-refractivity contribution in [1.82, 2.24) is 9.78 Å². The Kier molecular flexibility index (Phi) is 5.08. The molecule has 4 nitrogen and oxygen atoms in total. The second-order valence-electron chi connectivity index (χ2n) is 1.69.